The highest BCUT2D eigenvalue weighted by atomic mass is 16.7. The van der Waals surface area contributed by atoms with Crippen LogP contribution in [-0.2, 0) is 9.47 Å². The average molecular weight is 250 g/mol. The standard InChI is InChI=1S/C16H26O2/c1-2-4-9-15(10-5-3-1)11-8-14-18-16-12-6-7-13-17-16/h2,4-5,10,15-16H,1,3,6-9,11-14H2/b4-2-,10-5-. The van der Waals surface area contributed by atoms with Crippen LogP contribution in [0.15, 0.2) is 24.3 Å². The minimum absolute atomic E-state index is 0.0755. The molecule has 2 unspecified atom stereocenters. The molecular formula is C16H26O2. The summed E-state index contributed by atoms with van der Waals surface area (Å²) in [7, 11) is 0. The molecule has 18 heavy (non-hydrogen) atoms. The Morgan fingerprint density at radius 1 is 1.11 bits per heavy atom. The number of rotatable bonds is 5. The molecule has 0 aromatic carbocycles. The zero-order valence-electron chi connectivity index (χ0n) is 11.4. The van der Waals surface area contributed by atoms with Crippen LogP contribution in [0.25, 0.3) is 0 Å². The van der Waals surface area contributed by atoms with Gasteiger partial charge in [-0.15, -0.1) is 0 Å². The van der Waals surface area contributed by atoms with E-state index in [0.717, 1.165) is 26.1 Å². The molecule has 2 heteroatoms. The van der Waals surface area contributed by atoms with Crippen LogP contribution in [0.2, 0.25) is 0 Å². The Balaban J connectivity index is 1.56. The van der Waals surface area contributed by atoms with Crippen molar-refractivity contribution in [3.05, 3.63) is 24.3 Å². The zero-order chi connectivity index (χ0) is 12.5. The minimum Gasteiger partial charge on any atom is -0.353 e. The number of allylic oxidation sites excluding steroid dienone is 4. The summed E-state index contributed by atoms with van der Waals surface area (Å²) < 4.78 is 11.3. The maximum atomic E-state index is 5.77. The van der Waals surface area contributed by atoms with Crippen LogP contribution in [0.1, 0.15) is 51.4 Å². The van der Waals surface area contributed by atoms with E-state index in [0.29, 0.717) is 5.92 Å². The number of hydrogen-bond acceptors (Lipinski definition) is 2. The highest BCUT2D eigenvalue weighted by molar-refractivity contribution is 4.98. The van der Waals surface area contributed by atoms with E-state index in [1.54, 1.807) is 0 Å². The quantitative estimate of drug-likeness (QED) is 0.537. The predicted molar refractivity (Wildman–Crippen MR) is 74.4 cm³/mol. The van der Waals surface area contributed by atoms with E-state index < -0.39 is 0 Å². The van der Waals surface area contributed by atoms with E-state index in [2.05, 4.69) is 24.3 Å². The fourth-order valence-corrected chi connectivity index (χ4v) is 2.57. The topological polar surface area (TPSA) is 18.5 Å². The largest absolute Gasteiger partial charge is 0.353 e. The molecule has 1 aliphatic carbocycles. The lowest BCUT2D eigenvalue weighted by atomic mass is 9.96. The summed E-state index contributed by atoms with van der Waals surface area (Å²) in [6, 6.07) is 0. The summed E-state index contributed by atoms with van der Waals surface area (Å²) in [4.78, 5) is 0. The van der Waals surface area contributed by atoms with Crippen molar-refractivity contribution in [2.45, 2.75) is 57.7 Å². The van der Waals surface area contributed by atoms with E-state index in [1.165, 1.54) is 38.5 Å². The lowest BCUT2D eigenvalue weighted by molar-refractivity contribution is -0.163. The van der Waals surface area contributed by atoms with Crippen molar-refractivity contribution >= 4 is 0 Å². The van der Waals surface area contributed by atoms with Crippen LogP contribution >= 0.6 is 0 Å². The van der Waals surface area contributed by atoms with Gasteiger partial charge in [0.1, 0.15) is 0 Å². The molecule has 0 aromatic rings. The molecule has 0 radical (unpaired) electrons. The van der Waals surface area contributed by atoms with Gasteiger partial charge in [-0.1, -0.05) is 24.3 Å². The third kappa shape index (κ3) is 5.36. The summed E-state index contributed by atoms with van der Waals surface area (Å²) in [6.07, 6.45) is 18.9. The van der Waals surface area contributed by atoms with Crippen molar-refractivity contribution in [2.24, 2.45) is 5.92 Å². The van der Waals surface area contributed by atoms with Crippen molar-refractivity contribution < 1.29 is 9.47 Å². The highest BCUT2D eigenvalue weighted by Gasteiger charge is 2.13. The van der Waals surface area contributed by atoms with Crippen LogP contribution in [-0.4, -0.2) is 19.5 Å². The molecule has 0 N–H and O–H groups in total. The van der Waals surface area contributed by atoms with Gasteiger partial charge in [0.25, 0.3) is 0 Å². The van der Waals surface area contributed by atoms with E-state index in [9.17, 15) is 0 Å². The van der Waals surface area contributed by atoms with Gasteiger partial charge in [-0.3, -0.25) is 0 Å². The first-order chi connectivity index (χ1) is 8.95. The number of ether oxygens (including phenoxy) is 2. The highest BCUT2D eigenvalue weighted by Crippen LogP contribution is 2.18. The van der Waals surface area contributed by atoms with Crippen LogP contribution in [0.3, 0.4) is 0 Å². The molecule has 0 bridgehead atoms. The van der Waals surface area contributed by atoms with E-state index >= 15 is 0 Å². The lowest BCUT2D eigenvalue weighted by Gasteiger charge is -2.23. The van der Waals surface area contributed by atoms with Gasteiger partial charge in [-0.25, -0.2) is 0 Å². The Labute approximate surface area is 111 Å². The number of hydrogen-bond donors (Lipinski definition) is 0. The van der Waals surface area contributed by atoms with Gasteiger partial charge >= 0.3 is 0 Å². The Bertz CT molecular complexity index is 264. The molecule has 0 aromatic heterocycles. The summed E-state index contributed by atoms with van der Waals surface area (Å²) in [5.41, 5.74) is 0. The van der Waals surface area contributed by atoms with Crippen LogP contribution < -0.4 is 0 Å². The molecule has 2 rings (SSSR count). The molecule has 2 nitrogen and oxygen atoms in total. The van der Waals surface area contributed by atoms with Crippen molar-refractivity contribution in [1.82, 2.24) is 0 Å². The predicted octanol–water partition coefficient (Wildman–Crippen LogP) is 4.22. The SMILES string of the molecule is C1=C\CC(CCCOC2CCCCO2)/C=C\CC/1. The molecule has 1 aliphatic heterocycles. The van der Waals surface area contributed by atoms with Crippen LogP contribution in [0.5, 0.6) is 0 Å². The fourth-order valence-electron chi connectivity index (χ4n) is 2.57. The summed E-state index contributed by atoms with van der Waals surface area (Å²) in [6.45, 7) is 1.72. The first-order valence-corrected chi connectivity index (χ1v) is 7.50. The molecule has 2 atom stereocenters. The molecule has 0 spiro atoms. The second-order valence-electron chi connectivity index (χ2n) is 5.28. The third-order valence-corrected chi connectivity index (χ3v) is 3.67. The molecule has 1 fully saturated rings. The van der Waals surface area contributed by atoms with E-state index in [-0.39, 0.29) is 6.29 Å². The van der Waals surface area contributed by atoms with Gasteiger partial charge in [0, 0.05) is 13.2 Å². The fraction of sp³-hybridized carbons (Fsp3) is 0.750. The summed E-state index contributed by atoms with van der Waals surface area (Å²) in [5, 5.41) is 0. The van der Waals surface area contributed by atoms with Crippen molar-refractivity contribution in [1.29, 1.82) is 0 Å². The average Bonchev–Trinajstić information content (AvgIpc) is 2.38. The summed E-state index contributed by atoms with van der Waals surface area (Å²) >= 11 is 0. The van der Waals surface area contributed by atoms with Gasteiger partial charge in [0.05, 0.1) is 0 Å². The Morgan fingerprint density at radius 2 is 2.06 bits per heavy atom. The molecule has 2 aliphatic rings. The maximum Gasteiger partial charge on any atom is 0.157 e. The van der Waals surface area contributed by atoms with Gasteiger partial charge in [-0.2, -0.15) is 0 Å². The third-order valence-electron chi connectivity index (χ3n) is 3.67. The molecule has 0 saturated carbocycles. The second kappa shape index (κ2) is 8.49. The molecule has 1 saturated heterocycles. The van der Waals surface area contributed by atoms with Crippen molar-refractivity contribution in [3.63, 3.8) is 0 Å². The van der Waals surface area contributed by atoms with E-state index in [4.69, 9.17) is 9.47 Å². The van der Waals surface area contributed by atoms with Gasteiger partial charge in [0.2, 0.25) is 0 Å². The summed E-state index contributed by atoms with van der Waals surface area (Å²) in [5.74, 6) is 0.706. The lowest BCUT2D eigenvalue weighted by Crippen LogP contribution is -2.22. The maximum absolute atomic E-state index is 5.77. The first kappa shape index (κ1) is 13.8. The van der Waals surface area contributed by atoms with Crippen LogP contribution in [0.4, 0.5) is 0 Å². The smallest absolute Gasteiger partial charge is 0.157 e. The molecule has 1 heterocycles. The van der Waals surface area contributed by atoms with Gasteiger partial charge < -0.3 is 9.47 Å². The Morgan fingerprint density at radius 3 is 2.94 bits per heavy atom. The van der Waals surface area contributed by atoms with Gasteiger partial charge in [0.15, 0.2) is 6.29 Å². The zero-order valence-corrected chi connectivity index (χ0v) is 11.4. The minimum atomic E-state index is 0.0755. The first-order valence-electron chi connectivity index (χ1n) is 7.50. The van der Waals surface area contributed by atoms with Crippen LogP contribution in [0, 0.1) is 5.92 Å². The monoisotopic (exact) mass is 250 g/mol. The second-order valence-corrected chi connectivity index (χ2v) is 5.28. The van der Waals surface area contributed by atoms with E-state index in [1.807, 2.05) is 0 Å². The Kier molecular flexibility index (Phi) is 6.52. The van der Waals surface area contributed by atoms with Crippen molar-refractivity contribution in [3.8, 4) is 0 Å². The van der Waals surface area contributed by atoms with Gasteiger partial charge in [-0.05, 0) is 57.3 Å². The molecule has 0 amide bonds. The normalized spacial score (nSPS) is 32.4. The van der Waals surface area contributed by atoms with Crippen molar-refractivity contribution in [2.75, 3.05) is 13.2 Å². The molecular weight excluding hydrogens is 224 g/mol. The Hall–Kier alpha value is -0.600. The molecule has 102 valence electrons.